The molecule has 0 aliphatic heterocycles. The van der Waals surface area contributed by atoms with E-state index in [-0.39, 0.29) is 5.56 Å². The van der Waals surface area contributed by atoms with Gasteiger partial charge in [0.15, 0.2) is 0 Å². The number of rotatable bonds is 9. The van der Waals surface area contributed by atoms with Crippen molar-refractivity contribution in [1.29, 1.82) is 0 Å². The minimum absolute atomic E-state index is 0.104. The summed E-state index contributed by atoms with van der Waals surface area (Å²) in [6.07, 6.45) is 8.17. The van der Waals surface area contributed by atoms with Crippen LogP contribution in [0, 0.1) is 0 Å². The van der Waals surface area contributed by atoms with Gasteiger partial charge in [-0.15, -0.1) is 0 Å². The number of hydrogen-bond donors (Lipinski definition) is 2. The zero-order valence-electron chi connectivity index (χ0n) is 11.0. The fourth-order valence-electron chi connectivity index (χ4n) is 1.62. The molecular formula is C13H19ClN2O2S. The van der Waals surface area contributed by atoms with Crippen molar-refractivity contribution in [2.75, 3.05) is 23.9 Å². The third kappa shape index (κ3) is 6.16. The summed E-state index contributed by atoms with van der Waals surface area (Å²) in [7, 11) is 0. The number of thioether (sulfide) groups is 1. The van der Waals surface area contributed by atoms with Gasteiger partial charge in [0.05, 0.1) is 10.6 Å². The molecule has 19 heavy (non-hydrogen) atoms. The Morgan fingerprint density at radius 2 is 2.16 bits per heavy atom. The third-order valence-corrected chi connectivity index (χ3v) is 3.64. The van der Waals surface area contributed by atoms with Gasteiger partial charge < -0.3 is 10.4 Å². The molecule has 0 aliphatic rings. The highest BCUT2D eigenvalue weighted by Gasteiger charge is 2.07. The molecule has 4 nitrogen and oxygen atoms in total. The van der Waals surface area contributed by atoms with Crippen molar-refractivity contribution >= 4 is 35.1 Å². The van der Waals surface area contributed by atoms with Crippen molar-refractivity contribution < 1.29 is 9.90 Å². The summed E-state index contributed by atoms with van der Waals surface area (Å²) in [5.74, 6) is 0.753. The zero-order valence-corrected chi connectivity index (χ0v) is 12.6. The predicted molar refractivity (Wildman–Crippen MR) is 81.5 cm³/mol. The van der Waals surface area contributed by atoms with Crippen LogP contribution in [0.2, 0.25) is 5.02 Å². The van der Waals surface area contributed by atoms with Crippen LogP contribution < -0.4 is 5.32 Å². The van der Waals surface area contributed by atoms with Crippen LogP contribution >= 0.6 is 23.4 Å². The fraction of sp³-hybridized carbons (Fsp3) is 0.538. The van der Waals surface area contributed by atoms with Crippen LogP contribution in [0.1, 0.15) is 36.0 Å². The Kier molecular flexibility index (Phi) is 7.67. The molecule has 0 saturated carbocycles. The molecule has 0 aliphatic carbocycles. The average molecular weight is 303 g/mol. The molecule has 0 radical (unpaired) electrons. The molecule has 1 aromatic rings. The number of aromatic nitrogens is 1. The van der Waals surface area contributed by atoms with Crippen LogP contribution in [-0.4, -0.2) is 34.6 Å². The van der Waals surface area contributed by atoms with Crippen LogP contribution in [0.15, 0.2) is 12.3 Å². The highest BCUT2D eigenvalue weighted by atomic mass is 35.5. The summed E-state index contributed by atoms with van der Waals surface area (Å²) < 4.78 is 0. The lowest BCUT2D eigenvalue weighted by Crippen LogP contribution is -2.05. The van der Waals surface area contributed by atoms with Crippen LogP contribution in [-0.2, 0) is 0 Å². The largest absolute Gasteiger partial charge is 0.478 e. The van der Waals surface area contributed by atoms with E-state index in [0.29, 0.717) is 10.8 Å². The van der Waals surface area contributed by atoms with E-state index in [0.717, 1.165) is 13.0 Å². The number of unbranched alkanes of at least 4 members (excludes halogenated alkanes) is 3. The summed E-state index contributed by atoms with van der Waals surface area (Å²) in [6.45, 7) is 0.804. The SMILES string of the molecule is CSCCCCCCNc1ncc(C(=O)O)cc1Cl. The average Bonchev–Trinajstić information content (AvgIpc) is 2.39. The highest BCUT2D eigenvalue weighted by molar-refractivity contribution is 7.98. The molecule has 106 valence electrons. The number of hydrogen-bond acceptors (Lipinski definition) is 4. The van der Waals surface area contributed by atoms with E-state index in [4.69, 9.17) is 16.7 Å². The predicted octanol–water partition coefficient (Wildman–Crippen LogP) is 3.77. The molecule has 0 unspecified atom stereocenters. The Hall–Kier alpha value is -0.940. The van der Waals surface area contributed by atoms with Crippen molar-refractivity contribution in [2.45, 2.75) is 25.7 Å². The normalized spacial score (nSPS) is 10.4. The van der Waals surface area contributed by atoms with Gasteiger partial charge in [-0.3, -0.25) is 0 Å². The summed E-state index contributed by atoms with van der Waals surface area (Å²) in [5.41, 5.74) is 0.104. The van der Waals surface area contributed by atoms with Crippen molar-refractivity contribution in [2.24, 2.45) is 0 Å². The van der Waals surface area contributed by atoms with Gasteiger partial charge in [0.1, 0.15) is 5.82 Å². The van der Waals surface area contributed by atoms with Gasteiger partial charge in [0.2, 0.25) is 0 Å². The summed E-state index contributed by atoms with van der Waals surface area (Å²) in [6, 6.07) is 1.41. The highest BCUT2D eigenvalue weighted by Crippen LogP contribution is 2.20. The molecule has 0 amide bonds. The molecule has 1 rings (SSSR count). The number of nitrogens with zero attached hydrogens (tertiary/aromatic N) is 1. The van der Waals surface area contributed by atoms with Crippen molar-refractivity contribution in [3.8, 4) is 0 Å². The minimum Gasteiger partial charge on any atom is -0.478 e. The molecular weight excluding hydrogens is 284 g/mol. The standard InChI is InChI=1S/C13H19ClN2O2S/c1-19-7-5-3-2-4-6-15-12-11(14)8-10(9-16-12)13(17)18/h8-9H,2-7H2,1H3,(H,15,16)(H,17,18). The number of carboxylic acid groups (broad SMARTS) is 1. The molecule has 1 aromatic heterocycles. The van der Waals surface area contributed by atoms with E-state index < -0.39 is 5.97 Å². The first-order valence-corrected chi connectivity index (χ1v) is 8.04. The van der Waals surface area contributed by atoms with Gasteiger partial charge in [-0.05, 0) is 30.9 Å². The number of carbonyl (C=O) groups is 1. The molecule has 1 heterocycles. The van der Waals surface area contributed by atoms with Gasteiger partial charge in [-0.1, -0.05) is 24.4 Å². The van der Waals surface area contributed by atoms with Gasteiger partial charge in [0, 0.05) is 12.7 Å². The number of nitrogens with one attached hydrogen (secondary N) is 1. The topological polar surface area (TPSA) is 62.2 Å². The Morgan fingerprint density at radius 1 is 1.42 bits per heavy atom. The number of pyridine rings is 1. The zero-order chi connectivity index (χ0) is 14.1. The molecule has 0 aromatic carbocycles. The number of anilines is 1. The van der Waals surface area contributed by atoms with E-state index in [9.17, 15) is 4.79 Å². The van der Waals surface area contributed by atoms with E-state index in [2.05, 4.69) is 16.6 Å². The molecule has 0 atom stereocenters. The second-order valence-corrected chi connectivity index (χ2v) is 5.59. The van der Waals surface area contributed by atoms with Crippen molar-refractivity contribution in [3.05, 3.63) is 22.8 Å². The molecule has 0 spiro atoms. The molecule has 0 fully saturated rings. The lowest BCUT2D eigenvalue weighted by Gasteiger charge is -2.07. The molecule has 0 saturated heterocycles. The van der Waals surface area contributed by atoms with E-state index in [1.807, 2.05) is 11.8 Å². The van der Waals surface area contributed by atoms with Gasteiger partial charge in [0.25, 0.3) is 0 Å². The van der Waals surface area contributed by atoms with E-state index >= 15 is 0 Å². The van der Waals surface area contributed by atoms with Crippen molar-refractivity contribution in [3.63, 3.8) is 0 Å². The summed E-state index contributed by atoms with van der Waals surface area (Å²) in [4.78, 5) is 14.7. The maximum Gasteiger partial charge on any atom is 0.337 e. The molecule has 6 heteroatoms. The lowest BCUT2D eigenvalue weighted by atomic mass is 10.2. The van der Waals surface area contributed by atoms with Gasteiger partial charge in [-0.25, -0.2) is 9.78 Å². The maximum atomic E-state index is 10.7. The summed E-state index contributed by atoms with van der Waals surface area (Å²) in [5, 5.41) is 12.3. The monoisotopic (exact) mass is 302 g/mol. The third-order valence-electron chi connectivity index (χ3n) is 2.66. The Labute approximate surface area is 123 Å². The minimum atomic E-state index is -1.02. The summed E-state index contributed by atoms with van der Waals surface area (Å²) >= 11 is 7.84. The van der Waals surface area contributed by atoms with Gasteiger partial charge >= 0.3 is 5.97 Å². The van der Waals surface area contributed by atoms with Crippen LogP contribution in [0.4, 0.5) is 5.82 Å². The van der Waals surface area contributed by atoms with E-state index in [1.54, 1.807) is 0 Å². The molecule has 2 N–H and O–H groups in total. The Morgan fingerprint density at radius 3 is 2.79 bits per heavy atom. The van der Waals surface area contributed by atoms with Crippen LogP contribution in [0.25, 0.3) is 0 Å². The first-order chi connectivity index (χ1) is 9.15. The van der Waals surface area contributed by atoms with E-state index in [1.165, 1.54) is 37.3 Å². The fourth-order valence-corrected chi connectivity index (χ4v) is 2.34. The molecule has 0 bridgehead atoms. The second-order valence-electron chi connectivity index (χ2n) is 4.19. The maximum absolute atomic E-state index is 10.7. The van der Waals surface area contributed by atoms with Gasteiger partial charge in [-0.2, -0.15) is 11.8 Å². The van der Waals surface area contributed by atoms with Crippen LogP contribution in [0.3, 0.4) is 0 Å². The quantitative estimate of drug-likeness (QED) is 0.680. The number of carboxylic acids is 1. The Balaban J connectivity index is 2.28. The van der Waals surface area contributed by atoms with Crippen LogP contribution in [0.5, 0.6) is 0 Å². The number of halogens is 1. The first kappa shape index (κ1) is 16.1. The Bertz CT molecular complexity index is 416. The first-order valence-electron chi connectivity index (χ1n) is 6.27. The second kappa shape index (κ2) is 9.04. The smallest absolute Gasteiger partial charge is 0.337 e. The lowest BCUT2D eigenvalue weighted by molar-refractivity contribution is 0.0696. The number of aromatic carboxylic acids is 1. The van der Waals surface area contributed by atoms with Crippen molar-refractivity contribution in [1.82, 2.24) is 4.98 Å².